The fourth-order valence-electron chi connectivity index (χ4n) is 9.06. The van der Waals surface area contributed by atoms with Crippen molar-refractivity contribution in [3.05, 3.63) is 192 Å². The summed E-state index contributed by atoms with van der Waals surface area (Å²) in [7, 11) is 0. The van der Waals surface area contributed by atoms with E-state index in [4.69, 9.17) is 24.4 Å². The molecular weight excluding hydrogens is 745 g/mol. The first-order valence-corrected chi connectivity index (χ1v) is 20.7. The lowest BCUT2D eigenvalue weighted by atomic mass is 9.89. The van der Waals surface area contributed by atoms with E-state index in [9.17, 15) is 0 Å². The van der Waals surface area contributed by atoms with Gasteiger partial charge in [0.25, 0.3) is 0 Å². The van der Waals surface area contributed by atoms with Crippen LogP contribution in [0.5, 0.6) is 0 Å². The molecule has 0 unspecified atom stereocenters. The molecule has 0 N–H and O–H groups in total. The second-order valence-electron chi connectivity index (χ2n) is 16.2. The van der Waals surface area contributed by atoms with Gasteiger partial charge in [0, 0.05) is 54.7 Å². The van der Waals surface area contributed by atoms with Gasteiger partial charge < -0.3 is 4.42 Å². The lowest BCUT2D eigenvalue weighted by molar-refractivity contribution is 0.669. The van der Waals surface area contributed by atoms with Crippen molar-refractivity contribution in [1.29, 1.82) is 0 Å². The first-order valence-electron chi connectivity index (χ1n) is 20.7. The van der Waals surface area contributed by atoms with Gasteiger partial charge in [-0.3, -0.25) is 0 Å². The van der Waals surface area contributed by atoms with Crippen molar-refractivity contribution in [3.63, 3.8) is 0 Å². The molecule has 0 spiro atoms. The van der Waals surface area contributed by atoms with Crippen molar-refractivity contribution < 1.29 is 4.42 Å². The first kappa shape index (κ1) is 36.3. The molecule has 0 saturated carbocycles. The van der Waals surface area contributed by atoms with Gasteiger partial charge in [0.05, 0.1) is 11.2 Å². The van der Waals surface area contributed by atoms with Crippen molar-refractivity contribution in [3.8, 4) is 67.7 Å². The Hall–Kier alpha value is -7.76. The highest BCUT2D eigenvalue weighted by atomic mass is 16.3. The molecule has 8 aromatic carbocycles. The first-order chi connectivity index (χ1) is 29.8. The van der Waals surface area contributed by atoms with Gasteiger partial charge in [-0.1, -0.05) is 144 Å². The summed E-state index contributed by atoms with van der Waals surface area (Å²) in [5, 5.41) is 5.40. The standard InChI is InChI=1S/C56H40N4O/c1-33-25-34(2)28-42(27-33)55-58-54(59-56(60-55)43-29-35(3)26-36(4)30-43)41-16-12-15-40(31-41)53-46-32-49-52(45-18-9-11-20-48(45)61-49)50(51(46)44-17-8-10-19-47(44)57-53)39-23-21-38(22-24-39)37-13-6-5-7-14-37/h5-32H,1-4H3. The summed E-state index contributed by atoms with van der Waals surface area (Å²) in [5.74, 6) is 1.88. The molecule has 5 nitrogen and oxygen atoms in total. The molecular formula is C56H40N4O. The molecule has 0 aliphatic carbocycles. The molecule has 0 amide bonds. The normalized spacial score (nSPS) is 11.6. The molecule has 11 aromatic rings. The second-order valence-corrected chi connectivity index (χ2v) is 16.2. The topological polar surface area (TPSA) is 64.7 Å². The monoisotopic (exact) mass is 784 g/mol. The van der Waals surface area contributed by atoms with Gasteiger partial charge in [0.1, 0.15) is 11.2 Å². The average Bonchev–Trinajstić information content (AvgIpc) is 3.66. The zero-order chi connectivity index (χ0) is 41.2. The Labute approximate surface area is 354 Å². The zero-order valence-electron chi connectivity index (χ0n) is 34.4. The van der Waals surface area contributed by atoms with Crippen LogP contribution >= 0.6 is 0 Å². The van der Waals surface area contributed by atoms with Crippen LogP contribution in [0.1, 0.15) is 22.3 Å². The van der Waals surface area contributed by atoms with E-state index in [1.807, 2.05) is 6.07 Å². The maximum Gasteiger partial charge on any atom is 0.164 e. The molecule has 0 fully saturated rings. The molecule has 11 rings (SSSR count). The largest absolute Gasteiger partial charge is 0.456 e. The van der Waals surface area contributed by atoms with E-state index in [2.05, 4.69) is 191 Å². The highest BCUT2D eigenvalue weighted by Gasteiger charge is 2.22. The maximum absolute atomic E-state index is 6.70. The molecule has 0 bridgehead atoms. The van der Waals surface area contributed by atoms with Gasteiger partial charge in [0.2, 0.25) is 0 Å². The van der Waals surface area contributed by atoms with Crippen LogP contribution in [0.4, 0.5) is 0 Å². The Morgan fingerprint density at radius 1 is 0.328 bits per heavy atom. The van der Waals surface area contributed by atoms with Crippen LogP contribution in [-0.2, 0) is 0 Å². The maximum atomic E-state index is 6.70. The third kappa shape index (κ3) is 6.52. The number of nitrogens with zero attached hydrogens (tertiary/aromatic N) is 4. The average molecular weight is 785 g/mol. The van der Waals surface area contributed by atoms with E-state index in [1.54, 1.807) is 0 Å². The second kappa shape index (κ2) is 14.5. The van der Waals surface area contributed by atoms with Gasteiger partial charge in [-0.25, -0.2) is 19.9 Å². The summed E-state index contributed by atoms with van der Waals surface area (Å²) in [6.45, 7) is 8.44. The summed E-state index contributed by atoms with van der Waals surface area (Å²) in [4.78, 5) is 20.8. The third-order valence-electron chi connectivity index (χ3n) is 11.6. The van der Waals surface area contributed by atoms with Crippen molar-refractivity contribution >= 4 is 43.6 Å². The predicted molar refractivity (Wildman–Crippen MR) is 251 cm³/mol. The minimum Gasteiger partial charge on any atom is -0.456 e. The van der Waals surface area contributed by atoms with E-state index >= 15 is 0 Å². The molecule has 0 saturated heterocycles. The minimum absolute atomic E-state index is 0.601. The van der Waals surface area contributed by atoms with Crippen molar-refractivity contribution in [1.82, 2.24) is 19.9 Å². The number of fused-ring (bicyclic) bond motifs is 6. The molecule has 0 aliphatic heterocycles. The highest BCUT2D eigenvalue weighted by molar-refractivity contribution is 6.27. The number of pyridine rings is 1. The molecule has 0 atom stereocenters. The SMILES string of the molecule is Cc1cc(C)cc(-c2nc(-c3cc(C)cc(C)c3)nc(-c3cccc(-c4nc5ccccc5c5c(-c6ccc(-c7ccccc7)cc6)c6c(cc45)oc4ccccc46)c3)n2)c1. The molecule has 0 radical (unpaired) electrons. The van der Waals surface area contributed by atoms with Crippen LogP contribution in [0.3, 0.4) is 0 Å². The lowest BCUT2D eigenvalue weighted by Gasteiger charge is -2.16. The number of hydrogen-bond acceptors (Lipinski definition) is 5. The number of aromatic nitrogens is 4. The number of aryl methyl sites for hydroxylation is 4. The number of hydrogen-bond donors (Lipinski definition) is 0. The summed E-state index contributed by atoms with van der Waals surface area (Å²) < 4.78 is 6.70. The van der Waals surface area contributed by atoms with E-state index in [1.165, 1.54) is 11.1 Å². The van der Waals surface area contributed by atoms with Gasteiger partial charge in [-0.15, -0.1) is 0 Å². The van der Waals surface area contributed by atoms with E-state index in [-0.39, 0.29) is 0 Å². The predicted octanol–water partition coefficient (Wildman–Crippen LogP) is 14.7. The summed E-state index contributed by atoms with van der Waals surface area (Å²) >= 11 is 0. The van der Waals surface area contributed by atoms with Crippen LogP contribution in [-0.4, -0.2) is 19.9 Å². The number of para-hydroxylation sites is 2. The van der Waals surface area contributed by atoms with Crippen LogP contribution in [0.15, 0.2) is 174 Å². The molecule has 290 valence electrons. The Kier molecular flexibility index (Phi) is 8.64. The Balaban J connectivity index is 1.16. The van der Waals surface area contributed by atoms with Crippen LogP contribution in [0.25, 0.3) is 111 Å². The number of benzene rings is 8. The molecule has 3 heterocycles. The quantitative estimate of drug-likeness (QED) is 0.157. The fraction of sp³-hybridized carbons (Fsp3) is 0.0714. The smallest absolute Gasteiger partial charge is 0.164 e. The summed E-state index contributed by atoms with van der Waals surface area (Å²) in [6, 6.07) is 59.8. The lowest BCUT2D eigenvalue weighted by Crippen LogP contribution is -2.01. The Bertz CT molecular complexity index is 3400. The third-order valence-corrected chi connectivity index (χ3v) is 11.6. The fourth-order valence-corrected chi connectivity index (χ4v) is 9.06. The highest BCUT2D eigenvalue weighted by Crippen LogP contribution is 2.46. The van der Waals surface area contributed by atoms with Gasteiger partial charge >= 0.3 is 0 Å². The van der Waals surface area contributed by atoms with Gasteiger partial charge in [-0.2, -0.15) is 0 Å². The molecule has 61 heavy (non-hydrogen) atoms. The van der Waals surface area contributed by atoms with E-state index in [0.717, 1.165) is 105 Å². The van der Waals surface area contributed by atoms with Gasteiger partial charge in [-0.05, 0) is 92.9 Å². The molecule has 5 heteroatoms. The number of rotatable bonds is 6. The molecule has 0 aliphatic rings. The number of furan rings is 1. The van der Waals surface area contributed by atoms with Crippen molar-refractivity contribution in [2.75, 3.05) is 0 Å². The van der Waals surface area contributed by atoms with Crippen LogP contribution in [0, 0.1) is 27.7 Å². The van der Waals surface area contributed by atoms with E-state index < -0.39 is 0 Å². The summed E-state index contributed by atoms with van der Waals surface area (Å²) in [5.41, 5.74) is 16.4. The van der Waals surface area contributed by atoms with Crippen LogP contribution in [0.2, 0.25) is 0 Å². The molecule has 3 aromatic heterocycles. The van der Waals surface area contributed by atoms with E-state index in [0.29, 0.717) is 17.5 Å². The summed E-state index contributed by atoms with van der Waals surface area (Å²) in [6.07, 6.45) is 0. The minimum atomic E-state index is 0.601. The van der Waals surface area contributed by atoms with Crippen LogP contribution < -0.4 is 0 Å². The zero-order valence-corrected chi connectivity index (χ0v) is 34.4. The Morgan fingerprint density at radius 3 is 1.52 bits per heavy atom. The van der Waals surface area contributed by atoms with Gasteiger partial charge in [0.15, 0.2) is 17.5 Å². The van der Waals surface area contributed by atoms with Crippen molar-refractivity contribution in [2.45, 2.75) is 27.7 Å². The van der Waals surface area contributed by atoms with Crippen molar-refractivity contribution in [2.24, 2.45) is 0 Å². The Morgan fingerprint density at radius 2 is 0.852 bits per heavy atom.